The van der Waals surface area contributed by atoms with Gasteiger partial charge in [0.15, 0.2) is 12.6 Å². The first-order chi connectivity index (χ1) is 7.15. The Hall–Kier alpha value is -0.280. The van der Waals surface area contributed by atoms with Crippen LogP contribution in [0.5, 0.6) is 0 Å². The smallest absolute Gasteiger partial charge is 0.189 e. The highest BCUT2D eigenvalue weighted by Crippen LogP contribution is 2.19. The zero-order valence-electron chi connectivity index (χ0n) is 8.61. The number of nitrogens with two attached hydrogens (primary N) is 1. The van der Waals surface area contributed by atoms with Gasteiger partial charge in [-0.05, 0) is 0 Å². The molecule has 1 heterocycles. The van der Waals surface area contributed by atoms with Crippen LogP contribution in [-0.4, -0.2) is 65.5 Å². The summed E-state index contributed by atoms with van der Waals surface area (Å²) in [5, 5.41) is 34.6. The molecule has 4 atom stereocenters. The minimum Gasteiger partial charge on any atom is -0.400 e. The fraction of sp³-hybridized carbons (Fsp3) is 1.00. The molecule has 0 aromatic rings. The lowest BCUT2D eigenvalue weighted by Gasteiger charge is -2.34. The van der Waals surface area contributed by atoms with Crippen molar-refractivity contribution in [3.63, 3.8) is 0 Å². The fourth-order valence-electron chi connectivity index (χ4n) is 1.14. The second-order valence-electron chi connectivity index (χ2n) is 2.91. The molecule has 7 heteroatoms. The Bertz CT molecular complexity index is 158. The Morgan fingerprint density at radius 3 is 2.47 bits per heavy atom. The van der Waals surface area contributed by atoms with E-state index >= 15 is 0 Å². The Morgan fingerprint density at radius 1 is 1.33 bits per heavy atom. The topological polar surface area (TPSA) is 125 Å². The predicted octanol–water partition coefficient (Wildman–Crippen LogP) is -2.64. The van der Waals surface area contributed by atoms with Gasteiger partial charge in [-0.3, -0.25) is 0 Å². The van der Waals surface area contributed by atoms with Gasteiger partial charge in [0.2, 0.25) is 0 Å². The number of aliphatic hydroxyl groups excluding tert-OH is 4. The summed E-state index contributed by atoms with van der Waals surface area (Å²) in [5.74, 6) is 0. The zero-order chi connectivity index (χ0) is 11.8. The number of hydrogen-bond donors (Lipinski definition) is 5. The highest BCUT2D eigenvalue weighted by molar-refractivity contribution is 4.77. The standard InChI is InChI=1S/C7H15NO5.CH4O/c8-1-2-12-7-6(11)4(9)3-5(10)13-7;1-2/h4-7,9-11H,1-3,8H2;2H,1H3. The van der Waals surface area contributed by atoms with E-state index in [0.717, 1.165) is 7.11 Å². The van der Waals surface area contributed by atoms with Gasteiger partial charge in [-0.25, -0.2) is 0 Å². The van der Waals surface area contributed by atoms with E-state index in [1.807, 2.05) is 0 Å². The molecular weight excluding hydrogens is 206 g/mol. The quantitative estimate of drug-likeness (QED) is 0.355. The molecule has 6 N–H and O–H groups in total. The number of aliphatic hydroxyl groups is 4. The Morgan fingerprint density at radius 2 is 1.93 bits per heavy atom. The minimum absolute atomic E-state index is 0.0103. The van der Waals surface area contributed by atoms with Gasteiger partial charge in [0, 0.05) is 20.1 Å². The molecular formula is C8H19NO6. The molecule has 7 nitrogen and oxygen atoms in total. The van der Waals surface area contributed by atoms with Crippen LogP contribution >= 0.6 is 0 Å². The number of ether oxygens (including phenoxy) is 2. The third-order valence-corrected chi connectivity index (χ3v) is 1.81. The van der Waals surface area contributed by atoms with E-state index in [0.29, 0.717) is 6.54 Å². The van der Waals surface area contributed by atoms with Crippen LogP contribution in [0.15, 0.2) is 0 Å². The van der Waals surface area contributed by atoms with Crippen LogP contribution in [0, 0.1) is 0 Å². The first-order valence-corrected chi connectivity index (χ1v) is 4.61. The molecule has 15 heavy (non-hydrogen) atoms. The van der Waals surface area contributed by atoms with Crippen LogP contribution in [-0.2, 0) is 9.47 Å². The van der Waals surface area contributed by atoms with Crippen molar-refractivity contribution in [1.82, 2.24) is 0 Å². The summed E-state index contributed by atoms with van der Waals surface area (Å²) >= 11 is 0. The van der Waals surface area contributed by atoms with Gasteiger partial charge < -0.3 is 35.6 Å². The van der Waals surface area contributed by atoms with Crippen LogP contribution in [0.3, 0.4) is 0 Å². The summed E-state index contributed by atoms with van der Waals surface area (Å²) < 4.78 is 9.81. The van der Waals surface area contributed by atoms with E-state index in [4.69, 9.17) is 25.4 Å². The van der Waals surface area contributed by atoms with Crippen LogP contribution in [0.25, 0.3) is 0 Å². The lowest BCUT2D eigenvalue weighted by atomic mass is 10.1. The summed E-state index contributed by atoms with van der Waals surface area (Å²) in [4.78, 5) is 0. The summed E-state index contributed by atoms with van der Waals surface area (Å²) in [6.45, 7) is 0.500. The number of rotatable bonds is 3. The zero-order valence-corrected chi connectivity index (χ0v) is 8.61. The van der Waals surface area contributed by atoms with Gasteiger partial charge in [0.25, 0.3) is 0 Å². The Labute approximate surface area is 88.0 Å². The van der Waals surface area contributed by atoms with Crippen molar-refractivity contribution in [2.24, 2.45) is 5.73 Å². The van der Waals surface area contributed by atoms with Gasteiger partial charge in [-0.15, -0.1) is 0 Å². The SMILES string of the molecule is CO.NCCOC1OC(O)CC(O)C1O. The number of hydrogen-bond acceptors (Lipinski definition) is 7. The molecule has 0 aromatic heterocycles. The van der Waals surface area contributed by atoms with Gasteiger partial charge >= 0.3 is 0 Å². The predicted molar refractivity (Wildman–Crippen MR) is 50.7 cm³/mol. The third kappa shape index (κ3) is 4.85. The van der Waals surface area contributed by atoms with E-state index in [1.165, 1.54) is 0 Å². The fourth-order valence-corrected chi connectivity index (χ4v) is 1.14. The molecule has 92 valence electrons. The molecule has 0 bridgehead atoms. The maximum atomic E-state index is 9.33. The van der Waals surface area contributed by atoms with Gasteiger partial charge in [-0.1, -0.05) is 0 Å². The molecule has 0 radical (unpaired) electrons. The van der Waals surface area contributed by atoms with Crippen molar-refractivity contribution < 1.29 is 29.9 Å². The molecule has 0 aromatic carbocycles. The maximum absolute atomic E-state index is 9.33. The normalized spacial score (nSPS) is 35.6. The molecule has 1 fully saturated rings. The third-order valence-electron chi connectivity index (χ3n) is 1.81. The average Bonchev–Trinajstić information content (AvgIpc) is 2.24. The van der Waals surface area contributed by atoms with Crippen LogP contribution in [0.4, 0.5) is 0 Å². The first-order valence-electron chi connectivity index (χ1n) is 4.61. The second-order valence-corrected chi connectivity index (χ2v) is 2.91. The molecule has 4 unspecified atom stereocenters. The van der Waals surface area contributed by atoms with E-state index in [-0.39, 0.29) is 13.0 Å². The van der Waals surface area contributed by atoms with Crippen molar-refractivity contribution in [2.45, 2.75) is 31.2 Å². The largest absolute Gasteiger partial charge is 0.400 e. The van der Waals surface area contributed by atoms with Crippen LogP contribution < -0.4 is 5.73 Å². The van der Waals surface area contributed by atoms with E-state index < -0.39 is 24.8 Å². The average molecular weight is 225 g/mol. The van der Waals surface area contributed by atoms with Crippen molar-refractivity contribution in [3.8, 4) is 0 Å². The second kappa shape index (κ2) is 7.94. The monoisotopic (exact) mass is 225 g/mol. The highest BCUT2D eigenvalue weighted by atomic mass is 16.7. The summed E-state index contributed by atoms with van der Waals surface area (Å²) in [7, 11) is 1.00. The summed E-state index contributed by atoms with van der Waals surface area (Å²) in [6, 6.07) is 0. The molecule has 1 aliphatic heterocycles. The Kier molecular flexibility index (Phi) is 7.79. The maximum Gasteiger partial charge on any atom is 0.189 e. The van der Waals surface area contributed by atoms with E-state index in [9.17, 15) is 10.2 Å². The molecule has 1 rings (SSSR count). The molecule has 0 spiro atoms. The van der Waals surface area contributed by atoms with Gasteiger partial charge in [0.1, 0.15) is 6.10 Å². The molecule has 0 saturated carbocycles. The van der Waals surface area contributed by atoms with Crippen molar-refractivity contribution in [2.75, 3.05) is 20.3 Å². The van der Waals surface area contributed by atoms with E-state index in [2.05, 4.69) is 0 Å². The van der Waals surface area contributed by atoms with Crippen molar-refractivity contribution in [1.29, 1.82) is 0 Å². The first kappa shape index (κ1) is 14.7. The van der Waals surface area contributed by atoms with Crippen LogP contribution in [0.2, 0.25) is 0 Å². The Balaban J connectivity index is 0.000000921. The minimum atomic E-state index is -1.13. The molecule has 0 aliphatic carbocycles. The molecule has 1 aliphatic rings. The van der Waals surface area contributed by atoms with Crippen LogP contribution in [0.1, 0.15) is 6.42 Å². The van der Waals surface area contributed by atoms with Gasteiger partial charge in [0.05, 0.1) is 12.7 Å². The summed E-state index contributed by atoms with van der Waals surface area (Å²) in [5.41, 5.74) is 5.17. The van der Waals surface area contributed by atoms with Crippen molar-refractivity contribution >= 4 is 0 Å². The lowest BCUT2D eigenvalue weighted by Crippen LogP contribution is -2.49. The molecule has 0 amide bonds. The summed E-state index contributed by atoms with van der Waals surface area (Å²) in [6.07, 6.45) is -4.26. The van der Waals surface area contributed by atoms with Gasteiger partial charge in [-0.2, -0.15) is 0 Å². The molecule has 1 saturated heterocycles. The van der Waals surface area contributed by atoms with Crippen molar-refractivity contribution in [3.05, 3.63) is 0 Å². The van der Waals surface area contributed by atoms with E-state index in [1.54, 1.807) is 0 Å². The highest BCUT2D eigenvalue weighted by Gasteiger charge is 2.36. The lowest BCUT2D eigenvalue weighted by molar-refractivity contribution is -0.307.